The van der Waals surface area contributed by atoms with Crippen molar-refractivity contribution in [2.45, 2.75) is 13.0 Å². The van der Waals surface area contributed by atoms with Gasteiger partial charge in [0.15, 0.2) is 5.96 Å². The lowest BCUT2D eigenvalue weighted by Gasteiger charge is -2.12. The Morgan fingerprint density at radius 1 is 1.14 bits per heavy atom. The maximum atomic E-state index is 5.35. The van der Waals surface area contributed by atoms with Crippen molar-refractivity contribution < 1.29 is 4.74 Å². The maximum Gasteiger partial charge on any atom is 0.191 e. The van der Waals surface area contributed by atoms with E-state index in [2.05, 4.69) is 26.7 Å². The number of rotatable bonds is 6. The van der Waals surface area contributed by atoms with Crippen LogP contribution in [0.25, 0.3) is 0 Å². The molecule has 0 aliphatic heterocycles. The largest absolute Gasteiger partial charge is 0.496 e. The molecule has 5 heteroatoms. The highest BCUT2D eigenvalue weighted by molar-refractivity contribution is 5.79. The van der Waals surface area contributed by atoms with Crippen LogP contribution in [0.4, 0.5) is 0 Å². The number of aliphatic imine (C=N–C) groups is 1. The van der Waals surface area contributed by atoms with Crippen LogP contribution in [0.15, 0.2) is 53.7 Å². The topological polar surface area (TPSA) is 58.5 Å². The van der Waals surface area contributed by atoms with E-state index in [0.717, 1.165) is 30.4 Å². The Balaban J connectivity index is 1.79. The van der Waals surface area contributed by atoms with Gasteiger partial charge in [-0.2, -0.15) is 0 Å². The van der Waals surface area contributed by atoms with Crippen molar-refractivity contribution >= 4 is 5.96 Å². The third-order valence-corrected chi connectivity index (χ3v) is 3.27. The Labute approximate surface area is 131 Å². The third kappa shape index (κ3) is 4.77. The molecule has 0 unspecified atom stereocenters. The Morgan fingerprint density at radius 3 is 2.68 bits per heavy atom. The predicted octanol–water partition coefficient (Wildman–Crippen LogP) is 2.00. The number of pyridine rings is 1. The van der Waals surface area contributed by atoms with E-state index in [-0.39, 0.29) is 0 Å². The van der Waals surface area contributed by atoms with Crippen molar-refractivity contribution in [1.82, 2.24) is 15.6 Å². The van der Waals surface area contributed by atoms with E-state index in [4.69, 9.17) is 4.74 Å². The zero-order valence-corrected chi connectivity index (χ0v) is 13.0. The summed E-state index contributed by atoms with van der Waals surface area (Å²) in [5.41, 5.74) is 2.16. The number of nitrogens with zero attached hydrogens (tertiary/aromatic N) is 2. The summed E-state index contributed by atoms with van der Waals surface area (Å²) in [6.07, 6.45) is 2.66. The molecule has 0 radical (unpaired) electrons. The fourth-order valence-corrected chi connectivity index (χ4v) is 2.12. The lowest BCUT2D eigenvalue weighted by molar-refractivity contribution is 0.409. The maximum absolute atomic E-state index is 5.35. The van der Waals surface area contributed by atoms with Crippen LogP contribution < -0.4 is 15.4 Å². The molecular weight excluding hydrogens is 276 g/mol. The summed E-state index contributed by atoms with van der Waals surface area (Å²) in [5.74, 6) is 1.68. The normalized spacial score (nSPS) is 11.1. The monoisotopic (exact) mass is 298 g/mol. The third-order valence-electron chi connectivity index (χ3n) is 3.27. The first-order chi connectivity index (χ1) is 10.8. The Bertz CT molecular complexity index is 599. The summed E-state index contributed by atoms with van der Waals surface area (Å²) >= 11 is 0. The number of hydrogen-bond acceptors (Lipinski definition) is 3. The molecule has 0 saturated carbocycles. The predicted molar refractivity (Wildman–Crippen MR) is 89.1 cm³/mol. The summed E-state index contributed by atoms with van der Waals surface area (Å²) in [7, 11) is 3.45. The standard InChI is InChI=1S/C17H22N4O/c1-18-17(21-13-15-8-5-6-11-19-15)20-12-10-14-7-3-4-9-16(14)22-2/h3-9,11H,10,12-13H2,1-2H3,(H2,18,20,21). The molecule has 2 aromatic rings. The van der Waals surface area contributed by atoms with E-state index >= 15 is 0 Å². The number of para-hydroxylation sites is 1. The second-order valence-electron chi connectivity index (χ2n) is 4.74. The molecule has 0 aliphatic carbocycles. The zero-order chi connectivity index (χ0) is 15.6. The molecule has 0 atom stereocenters. The van der Waals surface area contributed by atoms with Crippen molar-refractivity contribution in [3.05, 3.63) is 59.9 Å². The van der Waals surface area contributed by atoms with Gasteiger partial charge in [-0.3, -0.25) is 9.98 Å². The van der Waals surface area contributed by atoms with Crippen molar-refractivity contribution in [1.29, 1.82) is 0 Å². The van der Waals surface area contributed by atoms with Gasteiger partial charge in [0.25, 0.3) is 0 Å². The number of guanidine groups is 1. The molecule has 0 bridgehead atoms. The molecule has 22 heavy (non-hydrogen) atoms. The minimum atomic E-state index is 0.648. The van der Waals surface area contributed by atoms with E-state index in [1.54, 1.807) is 20.4 Å². The van der Waals surface area contributed by atoms with Gasteiger partial charge in [0.2, 0.25) is 0 Å². The van der Waals surface area contributed by atoms with Crippen molar-refractivity contribution in [3.8, 4) is 5.75 Å². The van der Waals surface area contributed by atoms with E-state index in [1.807, 2.05) is 36.4 Å². The van der Waals surface area contributed by atoms with Crippen LogP contribution in [-0.2, 0) is 13.0 Å². The lowest BCUT2D eigenvalue weighted by Crippen LogP contribution is -2.38. The van der Waals surface area contributed by atoms with Gasteiger partial charge in [0, 0.05) is 19.8 Å². The number of ether oxygens (including phenoxy) is 1. The average Bonchev–Trinajstić information content (AvgIpc) is 2.59. The van der Waals surface area contributed by atoms with Gasteiger partial charge >= 0.3 is 0 Å². The van der Waals surface area contributed by atoms with Gasteiger partial charge in [-0.1, -0.05) is 24.3 Å². The SMILES string of the molecule is CN=C(NCCc1ccccc1OC)NCc1ccccn1. The van der Waals surface area contributed by atoms with E-state index < -0.39 is 0 Å². The van der Waals surface area contributed by atoms with E-state index in [1.165, 1.54) is 5.56 Å². The first-order valence-corrected chi connectivity index (χ1v) is 7.30. The Kier molecular flexibility index (Phi) is 6.23. The van der Waals surface area contributed by atoms with Crippen LogP contribution in [0.3, 0.4) is 0 Å². The minimum absolute atomic E-state index is 0.648. The summed E-state index contributed by atoms with van der Waals surface area (Å²) in [4.78, 5) is 8.49. The fraction of sp³-hybridized carbons (Fsp3) is 0.294. The summed E-state index contributed by atoms with van der Waals surface area (Å²) < 4.78 is 5.35. The fourth-order valence-electron chi connectivity index (χ4n) is 2.12. The smallest absolute Gasteiger partial charge is 0.191 e. The van der Waals surface area contributed by atoms with Crippen LogP contribution in [0, 0.1) is 0 Å². The van der Waals surface area contributed by atoms with Gasteiger partial charge in [-0.05, 0) is 30.2 Å². The highest BCUT2D eigenvalue weighted by atomic mass is 16.5. The second kappa shape index (κ2) is 8.67. The molecule has 0 saturated heterocycles. The number of hydrogen-bond donors (Lipinski definition) is 2. The average molecular weight is 298 g/mol. The molecule has 0 fully saturated rings. The number of methoxy groups -OCH3 is 1. The molecule has 5 nitrogen and oxygen atoms in total. The molecule has 2 rings (SSSR count). The molecule has 1 aromatic heterocycles. The number of aromatic nitrogens is 1. The van der Waals surface area contributed by atoms with Crippen molar-refractivity contribution in [2.24, 2.45) is 4.99 Å². The molecule has 0 amide bonds. The number of benzene rings is 1. The van der Waals surface area contributed by atoms with Gasteiger partial charge in [0.1, 0.15) is 5.75 Å². The van der Waals surface area contributed by atoms with Crippen molar-refractivity contribution in [3.63, 3.8) is 0 Å². The molecule has 116 valence electrons. The van der Waals surface area contributed by atoms with Crippen LogP contribution >= 0.6 is 0 Å². The zero-order valence-electron chi connectivity index (χ0n) is 13.0. The van der Waals surface area contributed by atoms with E-state index in [9.17, 15) is 0 Å². The van der Waals surface area contributed by atoms with Gasteiger partial charge < -0.3 is 15.4 Å². The highest BCUT2D eigenvalue weighted by Gasteiger charge is 2.02. The second-order valence-corrected chi connectivity index (χ2v) is 4.74. The van der Waals surface area contributed by atoms with Crippen LogP contribution in [0.2, 0.25) is 0 Å². The molecule has 0 aliphatic rings. The number of nitrogens with one attached hydrogen (secondary N) is 2. The summed E-state index contributed by atoms with van der Waals surface area (Å²) in [5, 5.41) is 6.54. The van der Waals surface area contributed by atoms with Crippen LogP contribution in [0.1, 0.15) is 11.3 Å². The molecule has 1 aromatic carbocycles. The molecule has 0 spiro atoms. The highest BCUT2D eigenvalue weighted by Crippen LogP contribution is 2.17. The Morgan fingerprint density at radius 2 is 1.95 bits per heavy atom. The van der Waals surface area contributed by atoms with Crippen molar-refractivity contribution in [2.75, 3.05) is 20.7 Å². The minimum Gasteiger partial charge on any atom is -0.496 e. The first kappa shape index (κ1) is 15.8. The molecular formula is C17H22N4O. The van der Waals surface area contributed by atoms with Crippen LogP contribution in [-0.4, -0.2) is 31.6 Å². The Hall–Kier alpha value is -2.56. The summed E-state index contributed by atoms with van der Waals surface area (Å²) in [6.45, 7) is 1.43. The lowest BCUT2D eigenvalue weighted by atomic mass is 10.1. The molecule has 1 heterocycles. The van der Waals surface area contributed by atoms with Crippen LogP contribution in [0.5, 0.6) is 5.75 Å². The van der Waals surface area contributed by atoms with Gasteiger partial charge in [-0.15, -0.1) is 0 Å². The quantitative estimate of drug-likeness (QED) is 0.632. The first-order valence-electron chi connectivity index (χ1n) is 7.30. The summed E-state index contributed by atoms with van der Waals surface area (Å²) in [6, 6.07) is 13.9. The van der Waals surface area contributed by atoms with Gasteiger partial charge in [-0.25, -0.2) is 0 Å². The van der Waals surface area contributed by atoms with E-state index in [0.29, 0.717) is 6.54 Å². The molecule has 2 N–H and O–H groups in total. The van der Waals surface area contributed by atoms with Gasteiger partial charge in [0.05, 0.1) is 19.3 Å².